The predicted molar refractivity (Wildman–Crippen MR) is 131 cm³/mol. The molecule has 0 aliphatic heterocycles. The van der Waals surface area contributed by atoms with E-state index >= 15 is 0 Å². The monoisotopic (exact) mass is 461 g/mol. The highest BCUT2D eigenvalue weighted by atomic mass is 16.5. The first-order valence-electron chi connectivity index (χ1n) is 11.5. The van der Waals surface area contributed by atoms with E-state index in [2.05, 4.69) is 5.32 Å². The van der Waals surface area contributed by atoms with Gasteiger partial charge in [0.1, 0.15) is 17.2 Å². The zero-order chi connectivity index (χ0) is 24.3. The van der Waals surface area contributed by atoms with Crippen LogP contribution in [0.25, 0.3) is 0 Å². The summed E-state index contributed by atoms with van der Waals surface area (Å²) < 4.78 is 16.5. The number of para-hydroxylation sites is 1. The average molecular weight is 462 g/mol. The lowest BCUT2D eigenvalue weighted by Gasteiger charge is -2.15. The van der Waals surface area contributed by atoms with Crippen molar-refractivity contribution < 1.29 is 23.8 Å². The van der Waals surface area contributed by atoms with E-state index in [0.717, 1.165) is 16.9 Å². The fraction of sp³-hybridized carbons (Fsp3) is 0.286. The molecule has 6 nitrogen and oxygen atoms in total. The number of hydrogen-bond acceptors (Lipinski definition) is 5. The van der Waals surface area contributed by atoms with Crippen LogP contribution in [0.15, 0.2) is 72.8 Å². The van der Waals surface area contributed by atoms with Crippen molar-refractivity contribution in [3.8, 4) is 17.2 Å². The van der Waals surface area contributed by atoms with E-state index < -0.39 is 0 Å². The molecule has 0 radical (unpaired) electrons. The van der Waals surface area contributed by atoms with Crippen LogP contribution >= 0.6 is 0 Å². The van der Waals surface area contributed by atoms with Crippen molar-refractivity contribution in [2.75, 3.05) is 13.7 Å². The minimum atomic E-state index is -0.253. The Morgan fingerprint density at radius 2 is 1.65 bits per heavy atom. The molecule has 0 aliphatic carbocycles. The molecule has 0 heterocycles. The molecule has 1 unspecified atom stereocenters. The third kappa shape index (κ3) is 6.85. The first-order valence-corrected chi connectivity index (χ1v) is 11.5. The van der Waals surface area contributed by atoms with Crippen molar-refractivity contribution in [3.63, 3.8) is 0 Å². The molecule has 6 heteroatoms. The molecule has 1 atom stereocenters. The van der Waals surface area contributed by atoms with Gasteiger partial charge in [-0.1, -0.05) is 43.3 Å². The number of ether oxygens (including phenoxy) is 3. The molecule has 0 spiro atoms. The highest BCUT2D eigenvalue weighted by Crippen LogP contribution is 2.24. The third-order valence-electron chi connectivity index (χ3n) is 5.43. The average Bonchev–Trinajstić information content (AvgIpc) is 2.86. The number of benzene rings is 3. The van der Waals surface area contributed by atoms with E-state index in [1.165, 1.54) is 7.11 Å². The number of hydrogen-bond donors (Lipinski definition) is 1. The highest BCUT2D eigenvalue weighted by molar-refractivity contribution is 5.97. The second-order valence-corrected chi connectivity index (χ2v) is 7.84. The van der Waals surface area contributed by atoms with E-state index in [9.17, 15) is 9.59 Å². The van der Waals surface area contributed by atoms with Crippen LogP contribution in [0.5, 0.6) is 17.2 Å². The van der Waals surface area contributed by atoms with Crippen molar-refractivity contribution >= 4 is 11.9 Å². The van der Waals surface area contributed by atoms with Crippen LogP contribution in [0.2, 0.25) is 0 Å². The van der Waals surface area contributed by atoms with E-state index in [1.807, 2.05) is 67.6 Å². The van der Waals surface area contributed by atoms with Gasteiger partial charge in [0.2, 0.25) is 0 Å². The van der Waals surface area contributed by atoms with Crippen LogP contribution in [-0.2, 0) is 22.5 Å². The molecule has 3 aromatic carbocycles. The van der Waals surface area contributed by atoms with Gasteiger partial charge in [0, 0.05) is 6.54 Å². The Morgan fingerprint density at radius 1 is 0.882 bits per heavy atom. The fourth-order valence-electron chi connectivity index (χ4n) is 3.62. The molecule has 3 rings (SSSR count). The lowest BCUT2D eigenvalue weighted by molar-refractivity contribution is -0.148. The zero-order valence-corrected chi connectivity index (χ0v) is 19.9. The van der Waals surface area contributed by atoms with Crippen LogP contribution < -0.4 is 14.8 Å². The minimum absolute atomic E-state index is 0.218. The first kappa shape index (κ1) is 24.8. The zero-order valence-electron chi connectivity index (χ0n) is 19.9. The normalized spacial score (nSPS) is 11.4. The minimum Gasteiger partial charge on any atom is -0.496 e. The van der Waals surface area contributed by atoms with Crippen molar-refractivity contribution in [3.05, 3.63) is 89.5 Å². The van der Waals surface area contributed by atoms with Gasteiger partial charge in [-0.25, -0.2) is 0 Å². The van der Waals surface area contributed by atoms with Gasteiger partial charge >= 0.3 is 5.97 Å². The largest absolute Gasteiger partial charge is 0.496 e. The summed E-state index contributed by atoms with van der Waals surface area (Å²) in [6.45, 7) is 4.43. The topological polar surface area (TPSA) is 73.9 Å². The lowest BCUT2D eigenvalue weighted by atomic mass is 9.95. The van der Waals surface area contributed by atoms with E-state index in [4.69, 9.17) is 14.2 Å². The maximum Gasteiger partial charge on any atom is 0.309 e. The van der Waals surface area contributed by atoms with Gasteiger partial charge in [0.25, 0.3) is 5.91 Å². The van der Waals surface area contributed by atoms with Crippen LogP contribution in [0.1, 0.15) is 41.8 Å². The Balaban J connectivity index is 1.68. The Labute approximate surface area is 200 Å². The molecule has 1 amide bonds. The molecular weight excluding hydrogens is 430 g/mol. The molecule has 0 aliphatic rings. The Kier molecular flexibility index (Phi) is 9.09. The van der Waals surface area contributed by atoms with Gasteiger partial charge < -0.3 is 19.5 Å². The Hall–Kier alpha value is -3.80. The summed E-state index contributed by atoms with van der Waals surface area (Å²) in [7, 11) is 1.53. The SMILES string of the molecule is CCOC(=O)C(CC)Cc1ccc(OC)c(C(=O)NCc2cccc(Oc3ccccc3)c2)c1. The van der Waals surface area contributed by atoms with E-state index in [0.29, 0.717) is 43.1 Å². The number of nitrogens with one attached hydrogen (secondary N) is 1. The summed E-state index contributed by atoms with van der Waals surface area (Å²) in [5.74, 6) is 1.20. The number of esters is 1. The lowest BCUT2D eigenvalue weighted by Crippen LogP contribution is -2.24. The van der Waals surface area contributed by atoms with Gasteiger partial charge in [-0.05, 0) is 67.3 Å². The van der Waals surface area contributed by atoms with Gasteiger partial charge in [-0.2, -0.15) is 0 Å². The number of carbonyl (C=O) groups excluding carboxylic acids is 2. The number of rotatable bonds is 11. The van der Waals surface area contributed by atoms with Crippen LogP contribution in [0, 0.1) is 5.92 Å². The maximum atomic E-state index is 13.0. The molecule has 1 N–H and O–H groups in total. The molecule has 178 valence electrons. The Morgan fingerprint density at radius 3 is 2.35 bits per heavy atom. The molecular formula is C28H31NO5. The molecule has 0 saturated heterocycles. The molecule has 3 aromatic rings. The van der Waals surface area contributed by atoms with Crippen LogP contribution in [-0.4, -0.2) is 25.6 Å². The predicted octanol–water partition coefficient (Wildman–Crippen LogP) is 5.55. The first-order chi connectivity index (χ1) is 16.5. The van der Waals surface area contributed by atoms with Crippen molar-refractivity contribution in [2.24, 2.45) is 5.92 Å². The molecule has 0 fully saturated rings. The standard InChI is InChI=1S/C28H31NO5/c1-4-22(28(31)33-5-2)16-20-14-15-26(32-3)25(18-20)27(30)29-19-21-10-9-13-24(17-21)34-23-11-7-6-8-12-23/h6-15,17-18,22H,4-5,16,19H2,1-3H3,(H,29,30). The summed E-state index contributed by atoms with van der Waals surface area (Å²) in [5, 5.41) is 2.95. The second kappa shape index (κ2) is 12.4. The van der Waals surface area contributed by atoms with Crippen LogP contribution in [0.3, 0.4) is 0 Å². The third-order valence-corrected chi connectivity index (χ3v) is 5.43. The van der Waals surface area contributed by atoms with Crippen molar-refractivity contribution in [1.82, 2.24) is 5.32 Å². The maximum absolute atomic E-state index is 13.0. The summed E-state index contributed by atoms with van der Waals surface area (Å²) in [6.07, 6.45) is 1.16. The fourth-order valence-corrected chi connectivity index (χ4v) is 3.62. The molecule has 0 aromatic heterocycles. The van der Waals surface area contributed by atoms with Crippen molar-refractivity contribution in [1.29, 1.82) is 0 Å². The molecule has 0 saturated carbocycles. The van der Waals surface area contributed by atoms with E-state index in [-0.39, 0.29) is 17.8 Å². The number of amides is 1. The van der Waals surface area contributed by atoms with Gasteiger partial charge in [-0.3, -0.25) is 9.59 Å². The summed E-state index contributed by atoms with van der Waals surface area (Å²) in [6, 6.07) is 22.5. The van der Waals surface area contributed by atoms with Crippen molar-refractivity contribution in [2.45, 2.75) is 33.2 Å². The van der Waals surface area contributed by atoms with Gasteiger partial charge in [0.05, 0.1) is 25.2 Å². The number of carbonyl (C=O) groups is 2. The van der Waals surface area contributed by atoms with Crippen LogP contribution in [0.4, 0.5) is 0 Å². The Bertz CT molecular complexity index is 1100. The second-order valence-electron chi connectivity index (χ2n) is 7.84. The summed E-state index contributed by atoms with van der Waals surface area (Å²) >= 11 is 0. The smallest absolute Gasteiger partial charge is 0.309 e. The van der Waals surface area contributed by atoms with Gasteiger partial charge in [-0.15, -0.1) is 0 Å². The summed E-state index contributed by atoms with van der Waals surface area (Å²) in [4.78, 5) is 25.2. The quantitative estimate of drug-likeness (QED) is 0.379. The summed E-state index contributed by atoms with van der Waals surface area (Å²) in [5.41, 5.74) is 2.21. The molecule has 34 heavy (non-hydrogen) atoms. The molecule has 0 bridgehead atoms. The van der Waals surface area contributed by atoms with E-state index in [1.54, 1.807) is 19.1 Å². The van der Waals surface area contributed by atoms with Gasteiger partial charge in [0.15, 0.2) is 0 Å². The number of methoxy groups -OCH3 is 1. The highest BCUT2D eigenvalue weighted by Gasteiger charge is 2.20.